The Bertz CT molecular complexity index is 1300. The third-order valence-corrected chi connectivity index (χ3v) is 12.8. The van der Waals surface area contributed by atoms with Crippen LogP contribution in [0.2, 0.25) is 6.04 Å². The Balaban J connectivity index is 1.58. The highest BCUT2D eigenvalue weighted by molar-refractivity contribution is 6.91. The molecular weight excluding hydrogens is 440 g/mol. The lowest BCUT2D eigenvalue weighted by molar-refractivity contribution is 0.515. The number of hydrogen-bond donors (Lipinski definition) is 0. The van der Waals surface area contributed by atoms with Crippen molar-refractivity contribution in [2.45, 2.75) is 30.6 Å². The third kappa shape index (κ3) is 3.50. The zero-order valence-electron chi connectivity index (χ0n) is 20.1. The van der Waals surface area contributed by atoms with Gasteiger partial charge in [0.15, 0.2) is 0 Å². The van der Waals surface area contributed by atoms with Gasteiger partial charge in [0, 0.05) is 11.5 Å². The minimum atomic E-state index is -1.78. The summed E-state index contributed by atoms with van der Waals surface area (Å²) >= 11 is 0. The Kier molecular flexibility index (Phi) is 5.50. The molecule has 1 aliphatic rings. The maximum absolute atomic E-state index is 5.19. The van der Waals surface area contributed by atoms with Crippen LogP contribution in [0.15, 0.2) is 128 Å². The molecule has 4 aromatic carbocycles. The Morgan fingerprint density at radius 2 is 1.09 bits per heavy atom. The van der Waals surface area contributed by atoms with Gasteiger partial charge in [-0.2, -0.15) is 0 Å². The number of hydrogen-bond acceptors (Lipinski definition) is 1. The summed E-state index contributed by atoms with van der Waals surface area (Å²) < 4.78 is 2.38. The number of fused-ring (bicyclic) bond motifs is 1. The number of aromatic nitrogens is 2. The topological polar surface area (TPSA) is 17.8 Å². The van der Waals surface area contributed by atoms with Crippen LogP contribution in [0.1, 0.15) is 34.7 Å². The van der Waals surface area contributed by atoms with Crippen molar-refractivity contribution in [2.24, 2.45) is 0 Å². The highest BCUT2D eigenvalue weighted by Crippen LogP contribution is 2.41. The van der Waals surface area contributed by atoms with E-state index >= 15 is 0 Å². The van der Waals surface area contributed by atoms with Crippen molar-refractivity contribution in [3.05, 3.63) is 156 Å². The molecule has 0 radical (unpaired) electrons. The molecule has 2 heterocycles. The summed E-state index contributed by atoms with van der Waals surface area (Å²) in [4.78, 5) is 5.19. The van der Waals surface area contributed by atoms with Crippen LogP contribution in [0.3, 0.4) is 0 Å². The second kappa shape index (κ2) is 8.83. The Labute approximate surface area is 208 Å². The molecule has 0 fully saturated rings. The highest BCUT2D eigenvalue weighted by Gasteiger charge is 2.44. The van der Waals surface area contributed by atoms with Gasteiger partial charge in [0.2, 0.25) is 0 Å². The molecule has 0 atom stereocenters. The van der Waals surface area contributed by atoms with Crippen molar-refractivity contribution in [2.75, 3.05) is 0 Å². The molecule has 3 heteroatoms. The molecule has 5 aromatic rings. The van der Waals surface area contributed by atoms with Crippen molar-refractivity contribution in [3.63, 3.8) is 0 Å². The minimum Gasteiger partial charge on any atom is -0.319 e. The summed E-state index contributed by atoms with van der Waals surface area (Å²) in [6.45, 7) is 2.37. The Morgan fingerprint density at radius 3 is 1.51 bits per heavy atom. The molecule has 1 aliphatic heterocycles. The molecule has 0 N–H and O–H groups in total. The van der Waals surface area contributed by atoms with E-state index in [1.165, 1.54) is 51.3 Å². The van der Waals surface area contributed by atoms with E-state index in [1.807, 2.05) is 0 Å². The first kappa shape index (κ1) is 21.8. The molecule has 35 heavy (non-hydrogen) atoms. The van der Waals surface area contributed by atoms with Gasteiger partial charge in [0.1, 0.15) is 13.6 Å². The number of benzene rings is 4. The van der Waals surface area contributed by atoms with Gasteiger partial charge in [-0.05, 0) is 39.9 Å². The summed E-state index contributed by atoms with van der Waals surface area (Å²) in [7, 11) is -1.78. The quantitative estimate of drug-likeness (QED) is 0.211. The zero-order valence-corrected chi connectivity index (χ0v) is 21.1. The van der Waals surface area contributed by atoms with Crippen LogP contribution in [0.4, 0.5) is 0 Å². The van der Waals surface area contributed by atoms with Crippen LogP contribution in [0, 0.1) is 0 Å². The molecule has 172 valence electrons. The van der Waals surface area contributed by atoms with Crippen LogP contribution in [0.25, 0.3) is 0 Å². The molecule has 0 amide bonds. The fraction of sp³-hybridized carbons (Fsp3) is 0.156. The third-order valence-electron chi connectivity index (χ3n) is 7.94. The van der Waals surface area contributed by atoms with E-state index in [-0.39, 0.29) is 0 Å². The fourth-order valence-corrected chi connectivity index (χ4v) is 10.3. The molecule has 2 nitrogen and oxygen atoms in total. The van der Waals surface area contributed by atoms with Gasteiger partial charge in [-0.3, -0.25) is 0 Å². The Hall–Kier alpha value is -3.69. The number of rotatable bonds is 6. The van der Waals surface area contributed by atoms with Crippen molar-refractivity contribution < 1.29 is 0 Å². The average molecular weight is 471 g/mol. The average Bonchev–Trinajstić information content (AvgIpc) is 3.57. The molecule has 0 bridgehead atoms. The molecule has 0 saturated carbocycles. The maximum atomic E-state index is 5.19. The first-order valence-electron chi connectivity index (χ1n) is 12.5. The number of nitrogens with zero attached hydrogens (tertiary/aromatic N) is 2. The van der Waals surface area contributed by atoms with Gasteiger partial charge >= 0.3 is 0 Å². The zero-order chi connectivity index (χ0) is 23.7. The molecule has 6 rings (SSSR count). The van der Waals surface area contributed by atoms with Gasteiger partial charge < -0.3 is 4.57 Å². The van der Waals surface area contributed by atoms with Crippen LogP contribution in [0.5, 0.6) is 0 Å². The van der Waals surface area contributed by atoms with Gasteiger partial charge in [-0.15, -0.1) is 0 Å². The van der Waals surface area contributed by atoms with Crippen molar-refractivity contribution in [1.29, 1.82) is 0 Å². The van der Waals surface area contributed by atoms with E-state index in [4.69, 9.17) is 4.98 Å². The van der Waals surface area contributed by atoms with Crippen LogP contribution in [-0.2, 0) is 17.6 Å². The second-order valence-corrected chi connectivity index (χ2v) is 14.2. The standard InChI is InChI=1S/C32H30N2Si/c1-2-35(23-26-14-12-13-15-27(26)24-35)31-22-34(25-33-31)32(28-16-6-3-7-17-28,29-18-8-4-9-19-29)30-20-10-5-11-21-30/h3-22,25H,2,23-24H2,1H3. The van der Waals surface area contributed by atoms with Gasteiger partial charge in [0.25, 0.3) is 0 Å². The fourth-order valence-electron chi connectivity index (χ4n) is 6.07. The summed E-state index contributed by atoms with van der Waals surface area (Å²) in [5, 5.41) is 1.32. The van der Waals surface area contributed by atoms with E-state index in [2.05, 4.69) is 139 Å². The molecule has 0 spiro atoms. The van der Waals surface area contributed by atoms with Gasteiger partial charge in [0.05, 0.1) is 6.33 Å². The monoisotopic (exact) mass is 470 g/mol. The normalized spacial score (nSPS) is 14.5. The lowest BCUT2D eigenvalue weighted by Gasteiger charge is -2.37. The first-order chi connectivity index (χ1) is 17.3. The molecule has 0 saturated heterocycles. The SMILES string of the molecule is CC[Si]1(c2cn(C(c3ccccc3)(c3ccccc3)c3ccccc3)cn2)Cc2ccccc2C1. The summed E-state index contributed by atoms with van der Waals surface area (Å²) in [6, 6.07) is 45.2. The largest absolute Gasteiger partial charge is 0.319 e. The second-order valence-electron chi connectivity index (χ2n) is 9.73. The summed E-state index contributed by atoms with van der Waals surface area (Å²) in [5.41, 5.74) is 6.27. The minimum absolute atomic E-state index is 0.496. The lowest BCUT2D eigenvalue weighted by atomic mass is 9.77. The van der Waals surface area contributed by atoms with E-state index in [0.29, 0.717) is 0 Å². The van der Waals surface area contributed by atoms with E-state index < -0.39 is 13.6 Å². The summed E-state index contributed by atoms with van der Waals surface area (Å²) in [6.07, 6.45) is 4.48. The maximum Gasteiger partial charge on any atom is 0.121 e. The molecule has 0 aliphatic carbocycles. The van der Waals surface area contributed by atoms with E-state index in [1.54, 1.807) is 0 Å². The number of imidazole rings is 1. The van der Waals surface area contributed by atoms with Gasteiger partial charge in [-0.1, -0.05) is 128 Å². The smallest absolute Gasteiger partial charge is 0.121 e. The molecular formula is C32H30N2Si. The highest BCUT2D eigenvalue weighted by atomic mass is 28.3. The lowest BCUT2D eigenvalue weighted by Crippen LogP contribution is -2.50. The van der Waals surface area contributed by atoms with Crippen LogP contribution in [-0.4, -0.2) is 17.6 Å². The van der Waals surface area contributed by atoms with Crippen molar-refractivity contribution in [3.8, 4) is 0 Å². The van der Waals surface area contributed by atoms with E-state index in [9.17, 15) is 0 Å². The predicted molar refractivity (Wildman–Crippen MR) is 147 cm³/mol. The van der Waals surface area contributed by atoms with Crippen molar-refractivity contribution in [1.82, 2.24) is 9.55 Å². The predicted octanol–water partition coefficient (Wildman–Crippen LogP) is 6.28. The van der Waals surface area contributed by atoms with E-state index in [0.717, 1.165) is 0 Å². The molecule has 1 aromatic heterocycles. The first-order valence-corrected chi connectivity index (χ1v) is 15.2. The van der Waals surface area contributed by atoms with Crippen LogP contribution >= 0.6 is 0 Å². The summed E-state index contributed by atoms with van der Waals surface area (Å²) in [5.74, 6) is 0. The van der Waals surface area contributed by atoms with Gasteiger partial charge in [-0.25, -0.2) is 4.98 Å². The molecule has 0 unspecified atom stereocenters. The van der Waals surface area contributed by atoms with Crippen molar-refractivity contribution >= 4 is 13.4 Å². The Morgan fingerprint density at radius 1 is 0.657 bits per heavy atom. The van der Waals surface area contributed by atoms with Crippen LogP contribution < -0.4 is 5.32 Å².